The van der Waals surface area contributed by atoms with Gasteiger partial charge in [-0.2, -0.15) is 0 Å². The molecule has 20 heavy (non-hydrogen) atoms. The molecule has 0 spiro atoms. The van der Waals surface area contributed by atoms with Gasteiger partial charge in [0.1, 0.15) is 5.82 Å². The third-order valence-electron chi connectivity index (χ3n) is 3.85. The lowest BCUT2D eigenvalue weighted by Crippen LogP contribution is -2.43. The molecule has 0 aliphatic heterocycles. The second kappa shape index (κ2) is 7.28. The SMILES string of the molecule is O=C(Cc1c(F)cccc1Cl)NC1CCCCC1CCl. The van der Waals surface area contributed by atoms with E-state index in [2.05, 4.69) is 5.32 Å². The van der Waals surface area contributed by atoms with E-state index in [0.29, 0.717) is 11.8 Å². The largest absolute Gasteiger partial charge is 0.353 e. The highest BCUT2D eigenvalue weighted by molar-refractivity contribution is 6.31. The van der Waals surface area contributed by atoms with Crippen molar-refractivity contribution >= 4 is 29.1 Å². The Morgan fingerprint density at radius 3 is 2.80 bits per heavy atom. The highest BCUT2D eigenvalue weighted by Crippen LogP contribution is 2.26. The molecule has 2 nitrogen and oxygen atoms in total. The summed E-state index contributed by atoms with van der Waals surface area (Å²) in [6.07, 6.45) is 4.20. The number of rotatable bonds is 4. The molecule has 0 radical (unpaired) electrons. The second-order valence-corrected chi connectivity index (χ2v) is 5.97. The Morgan fingerprint density at radius 1 is 1.35 bits per heavy atom. The first-order valence-corrected chi connectivity index (χ1v) is 7.81. The molecule has 1 saturated carbocycles. The number of amides is 1. The van der Waals surface area contributed by atoms with Crippen molar-refractivity contribution in [2.75, 3.05) is 5.88 Å². The summed E-state index contributed by atoms with van der Waals surface area (Å²) >= 11 is 11.9. The van der Waals surface area contributed by atoms with Crippen molar-refractivity contribution in [3.05, 3.63) is 34.6 Å². The normalized spacial score (nSPS) is 22.6. The molecule has 1 amide bonds. The predicted octanol–water partition coefficient (Wildman–Crippen LogP) is 3.94. The van der Waals surface area contributed by atoms with Gasteiger partial charge in [0.15, 0.2) is 0 Å². The van der Waals surface area contributed by atoms with Crippen molar-refractivity contribution in [2.24, 2.45) is 5.92 Å². The van der Waals surface area contributed by atoms with Gasteiger partial charge >= 0.3 is 0 Å². The van der Waals surface area contributed by atoms with Crippen LogP contribution in [0.1, 0.15) is 31.2 Å². The molecule has 2 atom stereocenters. The van der Waals surface area contributed by atoms with E-state index < -0.39 is 5.82 Å². The molecule has 2 unspecified atom stereocenters. The molecule has 1 aromatic carbocycles. The van der Waals surface area contributed by atoms with Gasteiger partial charge in [-0.05, 0) is 30.9 Å². The van der Waals surface area contributed by atoms with Gasteiger partial charge in [-0.25, -0.2) is 4.39 Å². The molecule has 5 heteroatoms. The van der Waals surface area contributed by atoms with Crippen LogP contribution in [0.2, 0.25) is 5.02 Å². The minimum atomic E-state index is -0.440. The van der Waals surface area contributed by atoms with E-state index in [1.807, 2.05) is 0 Å². The Balaban J connectivity index is 1.98. The van der Waals surface area contributed by atoms with Gasteiger partial charge in [0, 0.05) is 22.5 Å². The highest BCUT2D eigenvalue weighted by Gasteiger charge is 2.26. The lowest BCUT2D eigenvalue weighted by molar-refractivity contribution is -0.121. The Kier molecular flexibility index (Phi) is 5.67. The minimum absolute atomic E-state index is 0.0307. The molecule has 1 fully saturated rings. The molecule has 1 N–H and O–H groups in total. The van der Waals surface area contributed by atoms with E-state index in [9.17, 15) is 9.18 Å². The number of benzene rings is 1. The molecule has 110 valence electrons. The molecule has 0 aromatic heterocycles. The Bertz CT molecular complexity index is 461. The Labute approximate surface area is 128 Å². The van der Waals surface area contributed by atoms with Crippen LogP contribution in [0.15, 0.2) is 18.2 Å². The van der Waals surface area contributed by atoms with E-state index in [0.717, 1.165) is 25.7 Å². The summed E-state index contributed by atoms with van der Waals surface area (Å²) in [4.78, 5) is 12.1. The molecule has 2 rings (SSSR count). The van der Waals surface area contributed by atoms with Crippen LogP contribution in [0, 0.1) is 11.7 Å². The lowest BCUT2D eigenvalue weighted by Gasteiger charge is -2.30. The monoisotopic (exact) mass is 317 g/mol. The van der Waals surface area contributed by atoms with E-state index in [-0.39, 0.29) is 29.0 Å². The fourth-order valence-electron chi connectivity index (χ4n) is 2.70. The average molecular weight is 318 g/mol. The van der Waals surface area contributed by atoms with E-state index in [1.165, 1.54) is 12.1 Å². The zero-order valence-electron chi connectivity index (χ0n) is 11.2. The number of carbonyl (C=O) groups is 1. The summed E-state index contributed by atoms with van der Waals surface area (Å²) in [7, 11) is 0. The third-order valence-corrected chi connectivity index (χ3v) is 4.60. The van der Waals surface area contributed by atoms with Crippen LogP contribution < -0.4 is 5.32 Å². The van der Waals surface area contributed by atoms with Crippen molar-refractivity contribution in [3.63, 3.8) is 0 Å². The maximum Gasteiger partial charge on any atom is 0.224 e. The number of alkyl halides is 1. The Hall–Kier alpha value is -0.800. The second-order valence-electron chi connectivity index (χ2n) is 5.25. The molecule has 1 aliphatic carbocycles. The van der Waals surface area contributed by atoms with Crippen LogP contribution >= 0.6 is 23.2 Å². The molecule has 0 bridgehead atoms. The van der Waals surface area contributed by atoms with Gasteiger partial charge in [-0.1, -0.05) is 30.5 Å². The van der Waals surface area contributed by atoms with Gasteiger partial charge in [0.25, 0.3) is 0 Å². The molecule has 1 aliphatic rings. The number of hydrogen-bond donors (Lipinski definition) is 1. The van der Waals surface area contributed by atoms with E-state index in [1.54, 1.807) is 6.07 Å². The molecule has 0 heterocycles. The average Bonchev–Trinajstić information content (AvgIpc) is 2.44. The summed E-state index contributed by atoms with van der Waals surface area (Å²) in [5.74, 6) is 0.223. The van der Waals surface area contributed by atoms with Gasteiger partial charge in [0.05, 0.1) is 6.42 Å². The lowest BCUT2D eigenvalue weighted by atomic mass is 9.85. The summed E-state index contributed by atoms with van der Waals surface area (Å²) in [6.45, 7) is 0. The first-order chi connectivity index (χ1) is 9.61. The molecule has 1 aromatic rings. The van der Waals surface area contributed by atoms with Gasteiger partial charge in [-0.15, -0.1) is 11.6 Å². The molecular formula is C15H18Cl2FNO. The Morgan fingerprint density at radius 2 is 2.10 bits per heavy atom. The van der Waals surface area contributed by atoms with Crippen molar-refractivity contribution in [1.29, 1.82) is 0 Å². The van der Waals surface area contributed by atoms with Crippen LogP contribution in [-0.4, -0.2) is 17.8 Å². The number of carbonyl (C=O) groups excluding carboxylic acids is 1. The van der Waals surface area contributed by atoms with Gasteiger partial charge in [-0.3, -0.25) is 4.79 Å². The maximum atomic E-state index is 13.6. The van der Waals surface area contributed by atoms with Gasteiger partial charge < -0.3 is 5.32 Å². The fraction of sp³-hybridized carbons (Fsp3) is 0.533. The zero-order chi connectivity index (χ0) is 14.5. The summed E-state index contributed by atoms with van der Waals surface area (Å²) < 4.78 is 13.6. The topological polar surface area (TPSA) is 29.1 Å². The predicted molar refractivity (Wildman–Crippen MR) is 79.7 cm³/mol. The summed E-state index contributed by atoms with van der Waals surface area (Å²) in [6, 6.07) is 4.54. The number of halogens is 3. The van der Waals surface area contributed by atoms with Crippen LogP contribution in [0.5, 0.6) is 0 Å². The van der Waals surface area contributed by atoms with Crippen molar-refractivity contribution in [1.82, 2.24) is 5.32 Å². The summed E-state index contributed by atoms with van der Waals surface area (Å²) in [5.41, 5.74) is 0.255. The standard InChI is InChI=1S/C15H18Cl2FNO/c16-9-10-4-1-2-7-14(10)19-15(20)8-11-12(17)5-3-6-13(11)18/h3,5-6,10,14H,1-2,4,7-9H2,(H,19,20). The van der Waals surface area contributed by atoms with Crippen molar-refractivity contribution < 1.29 is 9.18 Å². The highest BCUT2D eigenvalue weighted by atomic mass is 35.5. The van der Waals surface area contributed by atoms with Crippen LogP contribution in [0.3, 0.4) is 0 Å². The zero-order valence-corrected chi connectivity index (χ0v) is 12.7. The van der Waals surface area contributed by atoms with Gasteiger partial charge in [0.2, 0.25) is 5.91 Å². The van der Waals surface area contributed by atoms with E-state index in [4.69, 9.17) is 23.2 Å². The van der Waals surface area contributed by atoms with Crippen LogP contribution in [-0.2, 0) is 11.2 Å². The van der Waals surface area contributed by atoms with E-state index >= 15 is 0 Å². The third kappa shape index (κ3) is 3.86. The van der Waals surface area contributed by atoms with Crippen LogP contribution in [0.4, 0.5) is 4.39 Å². The first kappa shape index (κ1) is 15.6. The van der Waals surface area contributed by atoms with Crippen LogP contribution in [0.25, 0.3) is 0 Å². The first-order valence-electron chi connectivity index (χ1n) is 6.90. The molecule has 0 saturated heterocycles. The number of hydrogen-bond acceptors (Lipinski definition) is 1. The fourth-order valence-corrected chi connectivity index (χ4v) is 3.30. The van der Waals surface area contributed by atoms with Crippen molar-refractivity contribution in [2.45, 2.75) is 38.1 Å². The molecular weight excluding hydrogens is 300 g/mol. The smallest absolute Gasteiger partial charge is 0.224 e. The quantitative estimate of drug-likeness (QED) is 0.837. The maximum absolute atomic E-state index is 13.6. The number of nitrogens with one attached hydrogen (secondary N) is 1. The minimum Gasteiger partial charge on any atom is -0.353 e. The summed E-state index contributed by atoms with van der Waals surface area (Å²) in [5, 5.41) is 3.26. The van der Waals surface area contributed by atoms with Crippen molar-refractivity contribution in [3.8, 4) is 0 Å².